The predicted octanol–water partition coefficient (Wildman–Crippen LogP) is 1.21. The Balaban J connectivity index is 3.15. The molecule has 0 fully saturated rings. The highest BCUT2D eigenvalue weighted by Gasteiger charge is 2.28. The molecular weight excluding hydrogens is 290 g/mol. The van der Waals surface area contributed by atoms with Crippen molar-refractivity contribution in [1.29, 1.82) is 0 Å². The SMILES string of the molecule is CSC(C)CNS(=O)(=O)c1cccc(N)c1[N+](=O)[O-]. The summed E-state index contributed by atoms with van der Waals surface area (Å²) >= 11 is 1.49. The average molecular weight is 305 g/mol. The number of hydrogen-bond acceptors (Lipinski definition) is 6. The maximum Gasteiger partial charge on any atom is 0.312 e. The zero-order valence-corrected chi connectivity index (χ0v) is 12.1. The predicted molar refractivity (Wildman–Crippen MR) is 75.7 cm³/mol. The smallest absolute Gasteiger partial charge is 0.312 e. The van der Waals surface area contributed by atoms with Crippen LogP contribution in [-0.2, 0) is 10.0 Å². The quantitative estimate of drug-likeness (QED) is 0.463. The van der Waals surface area contributed by atoms with Crippen molar-refractivity contribution >= 4 is 33.2 Å². The first-order chi connectivity index (χ1) is 8.79. The summed E-state index contributed by atoms with van der Waals surface area (Å²) in [6.07, 6.45) is 1.85. The number of rotatable bonds is 6. The van der Waals surface area contributed by atoms with Gasteiger partial charge in [0.05, 0.1) is 4.92 Å². The van der Waals surface area contributed by atoms with Gasteiger partial charge >= 0.3 is 5.69 Å². The second kappa shape index (κ2) is 6.22. The Morgan fingerprint density at radius 3 is 2.68 bits per heavy atom. The van der Waals surface area contributed by atoms with Gasteiger partial charge in [0.1, 0.15) is 5.69 Å². The van der Waals surface area contributed by atoms with E-state index in [2.05, 4.69) is 4.72 Å². The fraction of sp³-hybridized carbons (Fsp3) is 0.400. The summed E-state index contributed by atoms with van der Waals surface area (Å²) < 4.78 is 26.4. The van der Waals surface area contributed by atoms with Crippen LogP contribution in [0.3, 0.4) is 0 Å². The van der Waals surface area contributed by atoms with Gasteiger partial charge in [-0.1, -0.05) is 13.0 Å². The van der Waals surface area contributed by atoms with Gasteiger partial charge < -0.3 is 5.73 Å². The van der Waals surface area contributed by atoms with E-state index < -0.39 is 25.5 Å². The van der Waals surface area contributed by atoms with E-state index in [-0.39, 0.29) is 17.5 Å². The molecule has 1 aromatic carbocycles. The first kappa shape index (κ1) is 15.7. The summed E-state index contributed by atoms with van der Waals surface area (Å²) in [5.41, 5.74) is 4.70. The van der Waals surface area contributed by atoms with Crippen molar-refractivity contribution in [2.75, 3.05) is 18.5 Å². The molecular formula is C10H15N3O4S2. The second-order valence-electron chi connectivity index (χ2n) is 3.85. The Morgan fingerprint density at radius 2 is 2.16 bits per heavy atom. The zero-order valence-electron chi connectivity index (χ0n) is 10.5. The molecule has 0 bridgehead atoms. The molecule has 3 N–H and O–H groups in total. The molecule has 0 aliphatic rings. The summed E-state index contributed by atoms with van der Waals surface area (Å²) in [7, 11) is -3.95. The number of sulfonamides is 1. The molecule has 0 saturated carbocycles. The van der Waals surface area contributed by atoms with Crippen molar-refractivity contribution in [2.45, 2.75) is 17.1 Å². The van der Waals surface area contributed by atoms with Crippen LogP contribution in [0.4, 0.5) is 11.4 Å². The molecule has 1 aromatic rings. The molecule has 0 heterocycles. The van der Waals surface area contributed by atoms with E-state index in [0.29, 0.717) is 0 Å². The van der Waals surface area contributed by atoms with Crippen LogP contribution in [0.15, 0.2) is 23.1 Å². The summed E-state index contributed by atoms with van der Waals surface area (Å²) in [5.74, 6) is 0. The number of nitro groups is 1. The third kappa shape index (κ3) is 3.82. The summed E-state index contributed by atoms with van der Waals surface area (Å²) in [4.78, 5) is 9.71. The van der Waals surface area contributed by atoms with E-state index in [9.17, 15) is 18.5 Å². The summed E-state index contributed by atoms with van der Waals surface area (Å²) in [6, 6.07) is 3.83. The number of nitrogens with two attached hydrogens (primary N) is 1. The van der Waals surface area contributed by atoms with Crippen molar-refractivity contribution in [2.24, 2.45) is 0 Å². The minimum absolute atomic E-state index is 0.0647. The molecule has 7 nitrogen and oxygen atoms in total. The zero-order chi connectivity index (χ0) is 14.6. The number of nitrogens with zero attached hydrogens (tertiary/aromatic N) is 1. The fourth-order valence-corrected chi connectivity index (χ4v) is 3.02. The standard InChI is InChI=1S/C10H15N3O4S2/c1-7(18-2)6-12-19(16,17)9-5-3-4-8(11)10(9)13(14)15/h3-5,7,12H,6,11H2,1-2H3. The normalized spacial score (nSPS) is 13.2. The van der Waals surface area contributed by atoms with Gasteiger partial charge in [-0.05, 0) is 18.4 Å². The molecule has 0 aromatic heterocycles. The molecule has 0 saturated heterocycles. The Morgan fingerprint density at radius 1 is 1.53 bits per heavy atom. The molecule has 0 amide bonds. The maximum atomic E-state index is 12.0. The van der Waals surface area contributed by atoms with E-state index in [1.807, 2.05) is 13.2 Å². The number of thioether (sulfide) groups is 1. The largest absolute Gasteiger partial charge is 0.393 e. The van der Waals surface area contributed by atoms with Gasteiger partial charge in [0.2, 0.25) is 10.0 Å². The minimum atomic E-state index is -3.95. The highest BCUT2D eigenvalue weighted by Crippen LogP contribution is 2.29. The Kier molecular flexibility index (Phi) is 5.15. The summed E-state index contributed by atoms with van der Waals surface area (Å²) in [5, 5.41) is 11.0. The monoisotopic (exact) mass is 305 g/mol. The molecule has 1 rings (SSSR count). The highest BCUT2D eigenvalue weighted by atomic mass is 32.2. The maximum absolute atomic E-state index is 12.0. The third-order valence-electron chi connectivity index (χ3n) is 2.47. The van der Waals surface area contributed by atoms with Crippen LogP contribution in [0.5, 0.6) is 0 Å². The van der Waals surface area contributed by atoms with Gasteiger partial charge in [-0.15, -0.1) is 0 Å². The molecule has 1 unspecified atom stereocenters. The van der Waals surface area contributed by atoms with Gasteiger partial charge in [-0.3, -0.25) is 10.1 Å². The van der Waals surface area contributed by atoms with Crippen molar-refractivity contribution in [1.82, 2.24) is 4.72 Å². The third-order valence-corrected chi connectivity index (χ3v) is 4.89. The van der Waals surface area contributed by atoms with Crippen LogP contribution >= 0.6 is 11.8 Å². The van der Waals surface area contributed by atoms with Crippen LogP contribution in [0, 0.1) is 10.1 Å². The summed E-state index contributed by atoms with van der Waals surface area (Å²) in [6.45, 7) is 2.04. The van der Waals surface area contributed by atoms with E-state index in [4.69, 9.17) is 5.73 Å². The van der Waals surface area contributed by atoms with Crippen LogP contribution in [0.2, 0.25) is 0 Å². The second-order valence-corrected chi connectivity index (χ2v) is 6.86. The first-order valence-corrected chi connectivity index (χ1v) is 8.12. The molecule has 19 heavy (non-hydrogen) atoms. The lowest BCUT2D eigenvalue weighted by Crippen LogP contribution is -2.30. The fourth-order valence-electron chi connectivity index (χ4n) is 1.34. The number of benzene rings is 1. The van der Waals surface area contributed by atoms with E-state index in [1.54, 1.807) is 0 Å². The minimum Gasteiger partial charge on any atom is -0.393 e. The number of nitrogens with one attached hydrogen (secondary N) is 1. The molecule has 9 heteroatoms. The van der Waals surface area contributed by atoms with Crippen LogP contribution in [-0.4, -0.2) is 31.4 Å². The van der Waals surface area contributed by atoms with E-state index in [1.165, 1.54) is 30.0 Å². The van der Waals surface area contributed by atoms with Crippen molar-refractivity contribution in [3.05, 3.63) is 28.3 Å². The van der Waals surface area contributed by atoms with E-state index in [0.717, 1.165) is 0 Å². The van der Waals surface area contributed by atoms with Crippen LogP contribution in [0.1, 0.15) is 6.92 Å². The lowest BCUT2D eigenvalue weighted by atomic mass is 10.3. The Labute approximate surface area is 115 Å². The van der Waals surface area contributed by atoms with Gasteiger partial charge in [0.25, 0.3) is 0 Å². The molecule has 1 atom stereocenters. The topological polar surface area (TPSA) is 115 Å². The lowest BCUT2D eigenvalue weighted by molar-refractivity contribution is -0.386. The number of para-hydroxylation sites is 1. The lowest BCUT2D eigenvalue weighted by Gasteiger charge is -2.11. The van der Waals surface area contributed by atoms with E-state index >= 15 is 0 Å². The number of anilines is 1. The molecule has 106 valence electrons. The van der Waals surface area contributed by atoms with Crippen LogP contribution < -0.4 is 10.5 Å². The average Bonchev–Trinajstić information content (AvgIpc) is 2.35. The number of nitrogen functional groups attached to an aromatic ring is 1. The molecule has 0 aliphatic carbocycles. The Hall–Kier alpha value is -1.32. The van der Waals surface area contributed by atoms with Gasteiger partial charge in [-0.2, -0.15) is 11.8 Å². The molecule has 0 spiro atoms. The van der Waals surface area contributed by atoms with Crippen molar-refractivity contribution in [3.8, 4) is 0 Å². The van der Waals surface area contributed by atoms with Gasteiger partial charge in [-0.25, -0.2) is 13.1 Å². The molecule has 0 radical (unpaired) electrons. The van der Waals surface area contributed by atoms with Gasteiger partial charge in [0.15, 0.2) is 4.90 Å². The highest BCUT2D eigenvalue weighted by molar-refractivity contribution is 7.99. The van der Waals surface area contributed by atoms with Crippen molar-refractivity contribution < 1.29 is 13.3 Å². The Bertz CT molecular complexity index is 574. The van der Waals surface area contributed by atoms with Gasteiger partial charge in [0, 0.05) is 11.8 Å². The van der Waals surface area contributed by atoms with Crippen LogP contribution in [0.25, 0.3) is 0 Å². The number of hydrogen-bond donors (Lipinski definition) is 2. The first-order valence-electron chi connectivity index (χ1n) is 5.35. The van der Waals surface area contributed by atoms with Crippen molar-refractivity contribution in [3.63, 3.8) is 0 Å². The number of nitro benzene ring substituents is 1. The molecule has 0 aliphatic heterocycles.